The zero-order valence-corrected chi connectivity index (χ0v) is 10.4. The van der Waals surface area contributed by atoms with Gasteiger partial charge in [-0.15, -0.1) is 0 Å². The molecule has 1 atom stereocenters. The third kappa shape index (κ3) is 3.81. The van der Waals surface area contributed by atoms with E-state index in [4.69, 9.17) is 0 Å². The van der Waals surface area contributed by atoms with Crippen molar-refractivity contribution in [2.75, 3.05) is 13.6 Å². The van der Waals surface area contributed by atoms with Crippen LogP contribution in [0.2, 0.25) is 0 Å². The standard InChI is InChI=1S/C11H19N3O3/c1-7(2)13-9(15)6-12-8-4-5-10(16)14(3)11(8)17/h7-8,12H,4-6H2,1-3H3,(H,13,15). The zero-order valence-electron chi connectivity index (χ0n) is 10.4. The van der Waals surface area contributed by atoms with Crippen LogP contribution in [0, 0.1) is 0 Å². The monoisotopic (exact) mass is 241 g/mol. The second kappa shape index (κ2) is 5.77. The lowest BCUT2D eigenvalue weighted by molar-refractivity contribution is -0.148. The number of likely N-dealkylation sites (tertiary alicyclic amines) is 1. The van der Waals surface area contributed by atoms with Crippen LogP contribution in [0.4, 0.5) is 0 Å². The van der Waals surface area contributed by atoms with Crippen molar-refractivity contribution in [3.8, 4) is 0 Å². The number of imide groups is 1. The fourth-order valence-corrected chi connectivity index (χ4v) is 1.69. The summed E-state index contributed by atoms with van der Waals surface area (Å²) in [7, 11) is 1.46. The summed E-state index contributed by atoms with van der Waals surface area (Å²) in [6, 6.07) is -0.355. The van der Waals surface area contributed by atoms with E-state index in [2.05, 4.69) is 10.6 Å². The van der Waals surface area contributed by atoms with Gasteiger partial charge in [0.05, 0.1) is 12.6 Å². The van der Waals surface area contributed by atoms with Crippen molar-refractivity contribution >= 4 is 17.7 Å². The van der Waals surface area contributed by atoms with Crippen LogP contribution in [0.1, 0.15) is 26.7 Å². The predicted molar refractivity (Wildman–Crippen MR) is 62.1 cm³/mol. The van der Waals surface area contributed by atoms with Gasteiger partial charge in [-0.2, -0.15) is 0 Å². The Bertz CT molecular complexity index is 328. The number of piperidine rings is 1. The first-order valence-corrected chi connectivity index (χ1v) is 5.75. The number of likely N-dealkylation sites (N-methyl/N-ethyl adjacent to an activating group) is 1. The first-order valence-electron chi connectivity index (χ1n) is 5.75. The fourth-order valence-electron chi connectivity index (χ4n) is 1.69. The molecule has 96 valence electrons. The summed E-state index contributed by atoms with van der Waals surface area (Å²) in [5.41, 5.74) is 0. The van der Waals surface area contributed by atoms with Gasteiger partial charge in [0.25, 0.3) is 0 Å². The van der Waals surface area contributed by atoms with E-state index in [1.165, 1.54) is 7.05 Å². The number of amides is 3. The van der Waals surface area contributed by atoms with Gasteiger partial charge < -0.3 is 5.32 Å². The van der Waals surface area contributed by atoms with Gasteiger partial charge in [-0.25, -0.2) is 0 Å². The van der Waals surface area contributed by atoms with E-state index >= 15 is 0 Å². The Morgan fingerprint density at radius 2 is 2.12 bits per heavy atom. The topological polar surface area (TPSA) is 78.5 Å². The van der Waals surface area contributed by atoms with Crippen LogP contribution in [-0.4, -0.2) is 48.3 Å². The van der Waals surface area contributed by atoms with Crippen LogP contribution in [0.25, 0.3) is 0 Å². The lowest BCUT2D eigenvalue weighted by Crippen LogP contribution is -2.53. The maximum atomic E-state index is 11.7. The lowest BCUT2D eigenvalue weighted by atomic mass is 10.0. The van der Waals surface area contributed by atoms with E-state index < -0.39 is 6.04 Å². The zero-order chi connectivity index (χ0) is 13.0. The van der Waals surface area contributed by atoms with E-state index in [-0.39, 0.29) is 30.3 Å². The number of carbonyl (C=O) groups excluding carboxylic acids is 3. The van der Waals surface area contributed by atoms with Gasteiger partial charge in [0.15, 0.2) is 0 Å². The molecule has 1 unspecified atom stereocenters. The SMILES string of the molecule is CC(C)NC(=O)CNC1CCC(=O)N(C)C1=O. The average Bonchev–Trinajstić information content (AvgIpc) is 2.24. The third-order valence-corrected chi connectivity index (χ3v) is 2.61. The van der Waals surface area contributed by atoms with Crippen LogP contribution in [-0.2, 0) is 14.4 Å². The number of carbonyl (C=O) groups is 3. The minimum atomic E-state index is -0.435. The van der Waals surface area contributed by atoms with Gasteiger partial charge in [0.2, 0.25) is 17.7 Å². The molecule has 0 spiro atoms. The van der Waals surface area contributed by atoms with E-state index in [0.29, 0.717) is 12.8 Å². The van der Waals surface area contributed by atoms with Gasteiger partial charge in [-0.3, -0.25) is 24.6 Å². The van der Waals surface area contributed by atoms with Crippen LogP contribution in [0.5, 0.6) is 0 Å². The summed E-state index contributed by atoms with van der Waals surface area (Å²) in [6.07, 6.45) is 0.794. The van der Waals surface area contributed by atoms with Crippen LogP contribution >= 0.6 is 0 Å². The van der Waals surface area contributed by atoms with Crippen LogP contribution in [0.15, 0.2) is 0 Å². The molecule has 0 aromatic rings. The molecule has 0 bridgehead atoms. The minimum Gasteiger partial charge on any atom is -0.353 e. The highest BCUT2D eigenvalue weighted by Gasteiger charge is 2.31. The first kappa shape index (κ1) is 13.6. The number of hydrogen-bond donors (Lipinski definition) is 2. The second-order valence-corrected chi connectivity index (χ2v) is 4.49. The van der Waals surface area contributed by atoms with Gasteiger partial charge in [-0.1, -0.05) is 0 Å². The Hall–Kier alpha value is -1.43. The van der Waals surface area contributed by atoms with E-state index in [9.17, 15) is 14.4 Å². The highest BCUT2D eigenvalue weighted by atomic mass is 16.2. The molecule has 1 aliphatic heterocycles. The summed E-state index contributed by atoms with van der Waals surface area (Å²) in [6.45, 7) is 3.84. The van der Waals surface area contributed by atoms with Crippen molar-refractivity contribution in [1.29, 1.82) is 0 Å². The third-order valence-electron chi connectivity index (χ3n) is 2.61. The van der Waals surface area contributed by atoms with Crippen molar-refractivity contribution in [2.24, 2.45) is 0 Å². The number of nitrogens with zero attached hydrogens (tertiary/aromatic N) is 1. The smallest absolute Gasteiger partial charge is 0.246 e. The molecule has 0 saturated carbocycles. The first-order chi connectivity index (χ1) is 7.91. The molecular formula is C11H19N3O3. The van der Waals surface area contributed by atoms with Crippen LogP contribution in [0.3, 0.4) is 0 Å². The molecule has 1 aliphatic rings. The van der Waals surface area contributed by atoms with Crippen molar-refractivity contribution in [2.45, 2.75) is 38.8 Å². The van der Waals surface area contributed by atoms with Crippen molar-refractivity contribution < 1.29 is 14.4 Å². The lowest BCUT2D eigenvalue weighted by Gasteiger charge is -2.28. The summed E-state index contributed by atoms with van der Waals surface area (Å²) >= 11 is 0. The maximum absolute atomic E-state index is 11.7. The average molecular weight is 241 g/mol. The number of rotatable bonds is 4. The Labute approximate surface area is 101 Å². The van der Waals surface area contributed by atoms with Crippen molar-refractivity contribution in [1.82, 2.24) is 15.5 Å². The van der Waals surface area contributed by atoms with Gasteiger partial charge in [0.1, 0.15) is 0 Å². The Morgan fingerprint density at radius 1 is 1.47 bits per heavy atom. The molecule has 0 aromatic heterocycles. The van der Waals surface area contributed by atoms with Crippen LogP contribution < -0.4 is 10.6 Å². The summed E-state index contributed by atoms with van der Waals surface area (Å²) in [5.74, 6) is -0.578. The molecule has 1 saturated heterocycles. The molecule has 1 rings (SSSR count). The highest BCUT2D eigenvalue weighted by molar-refractivity contribution is 6.00. The molecule has 2 N–H and O–H groups in total. The van der Waals surface area contributed by atoms with Gasteiger partial charge in [0, 0.05) is 19.5 Å². The predicted octanol–water partition coefficient (Wildman–Crippen LogP) is -0.752. The summed E-state index contributed by atoms with van der Waals surface area (Å²) in [4.78, 5) is 35.4. The summed E-state index contributed by atoms with van der Waals surface area (Å²) < 4.78 is 0. The molecule has 0 aliphatic carbocycles. The number of nitrogens with one attached hydrogen (secondary N) is 2. The van der Waals surface area contributed by atoms with E-state index in [1.807, 2.05) is 13.8 Å². The molecule has 1 heterocycles. The highest BCUT2D eigenvalue weighted by Crippen LogP contribution is 2.10. The Morgan fingerprint density at radius 3 is 2.71 bits per heavy atom. The maximum Gasteiger partial charge on any atom is 0.246 e. The summed E-state index contributed by atoms with van der Waals surface area (Å²) in [5, 5.41) is 5.60. The Kier molecular flexibility index (Phi) is 4.62. The quantitative estimate of drug-likeness (QED) is 0.635. The molecule has 1 fully saturated rings. The largest absolute Gasteiger partial charge is 0.353 e. The van der Waals surface area contributed by atoms with Crippen molar-refractivity contribution in [3.05, 3.63) is 0 Å². The Balaban J connectivity index is 2.40. The van der Waals surface area contributed by atoms with Gasteiger partial charge >= 0.3 is 0 Å². The van der Waals surface area contributed by atoms with E-state index in [1.54, 1.807) is 0 Å². The molecule has 0 aromatic carbocycles. The normalized spacial score (nSPS) is 20.9. The molecule has 6 nitrogen and oxygen atoms in total. The van der Waals surface area contributed by atoms with E-state index in [0.717, 1.165) is 4.90 Å². The molecule has 0 radical (unpaired) electrons. The number of hydrogen-bond acceptors (Lipinski definition) is 4. The van der Waals surface area contributed by atoms with Gasteiger partial charge in [-0.05, 0) is 20.3 Å². The molecule has 6 heteroatoms. The minimum absolute atomic E-state index is 0.0793. The molecule has 3 amide bonds. The fraction of sp³-hybridized carbons (Fsp3) is 0.727. The van der Waals surface area contributed by atoms with Crippen molar-refractivity contribution in [3.63, 3.8) is 0 Å². The molecule has 17 heavy (non-hydrogen) atoms. The second-order valence-electron chi connectivity index (χ2n) is 4.49. The molecular weight excluding hydrogens is 222 g/mol.